The molecule has 1 saturated carbocycles. The quantitative estimate of drug-likeness (QED) is 0.266. The second-order valence-electron chi connectivity index (χ2n) is 9.24. The van der Waals surface area contributed by atoms with E-state index < -0.39 is 23.5 Å². The first-order chi connectivity index (χ1) is 16.1. The highest BCUT2D eigenvalue weighted by molar-refractivity contribution is 5.94. The number of hydrogen-bond donors (Lipinski definition) is 2. The van der Waals surface area contributed by atoms with Crippen molar-refractivity contribution in [2.45, 2.75) is 58.5 Å². The first-order valence-electron chi connectivity index (χ1n) is 12.0. The van der Waals surface area contributed by atoms with Gasteiger partial charge in [0.1, 0.15) is 5.83 Å². The molecule has 0 unspecified atom stereocenters. The zero-order valence-electron chi connectivity index (χ0n) is 19.9. The van der Waals surface area contributed by atoms with Crippen LogP contribution in [0, 0.1) is 18.8 Å². The summed E-state index contributed by atoms with van der Waals surface area (Å²) in [6.45, 7) is 9.41. The number of alkyl halides is 3. The standard InChI is InChI=1S/C25H34F4N4O/c1-4-6-20(26)22(25(27,28)29)16(2)19-10-13-33(14-11-19)24(34)23-17(3)21(31-32-23)7-5-12-30-15-18-8-9-18/h4,6,18-19,30H,2,5,7-15H2,1,3H3,(H,31,32)/b6-4-,22-20-. The van der Waals surface area contributed by atoms with E-state index in [9.17, 15) is 22.4 Å². The number of amides is 1. The van der Waals surface area contributed by atoms with Crippen LogP contribution in [0.15, 0.2) is 35.7 Å². The molecule has 1 saturated heterocycles. The van der Waals surface area contributed by atoms with Crippen molar-refractivity contribution in [2.24, 2.45) is 11.8 Å². The smallest absolute Gasteiger partial charge is 0.337 e. The summed E-state index contributed by atoms with van der Waals surface area (Å²) in [4.78, 5) is 14.6. The predicted octanol–water partition coefficient (Wildman–Crippen LogP) is 5.42. The number of aromatic amines is 1. The molecule has 9 heteroatoms. The molecule has 3 rings (SSSR count). The molecule has 2 fully saturated rings. The molecule has 0 atom stereocenters. The number of likely N-dealkylation sites (tertiary alicyclic amines) is 1. The molecule has 1 aliphatic heterocycles. The Morgan fingerprint density at radius 3 is 2.53 bits per heavy atom. The number of piperidine rings is 1. The highest BCUT2D eigenvalue weighted by atomic mass is 19.4. The summed E-state index contributed by atoms with van der Waals surface area (Å²) in [5, 5.41) is 10.6. The summed E-state index contributed by atoms with van der Waals surface area (Å²) in [5.41, 5.74) is 0.528. The minimum atomic E-state index is -4.83. The molecule has 0 aromatic carbocycles. The molecule has 1 amide bonds. The number of aryl methyl sites for hydroxylation is 1. The fourth-order valence-electron chi connectivity index (χ4n) is 4.39. The lowest BCUT2D eigenvalue weighted by molar-refractivity contribution is -0.0919. The summed E-state index contributed by atoms with van der Waals surface area (Å²) in [7, 11) is 0. The monoisotopic (exact) mass is 482 g/mol. The van der Waals surface area contributed by atoms with Gasteiger partial charge in [0.05, 0.1) is 5.57 Å². The average Bonchev–Trinajstić information content (AvgIpc) is 3.54. The first-order valence-corrected chi connectivity index (χ1v) is 12.0. The SMILES string of the molecule is C=C(/C(=C(F)\C=C/C)C(F)(F)F)C1CCN(C(=O)c2n[nH]c(CCCNCC3CC3)c2C)CC1. The van der Waals surface area contributed by atoms with Crippen LogP contribution in [-0.2, 0) is 6.42 Å². The fraction of sp³-hybridized carbons (Fsp3) is 0.600. The molecule has 1 aliphatic carbocycles. The number of rotatable bonds is 10. The molecule has 1 aromatic heterocycles. The van der Waals surface area contributed by atoms with Gasteiger partial charge in [-0.3, -0.25) is 9.89 Å². The molecule has 188 valence electrons. The predicted molar refractivity (Wildman–Crippen MR) is 124 cm³/mol. The van der Waals surface area contributed by atoms with Crippen molar-refractivity contribution in [2.75, 3.05) is 26.2 Å². The molecule has 2 N–H and O–H groups in total. The van der Waals surface area contributed by atoms with Crippen LogP contribution in [0.4, 0.5) is 17.6 Å². The van der Waals surface area contributed by atoms with Gasteiger partial charge in [-0.2, -0.15) is 18.3 Å². The minimum Gasteiger partial charge on any atom is -0.337 e. The number of carbonyl (C=O) groups is 1. The number of nitrogens with one attached hydrogen (secondary N) is 2. The van der Waals surface area contributed by atoms with Crippen molar-refractivity contribution >= 4 is 5.91 Å². The first kappa shape index (κ1) is 26.2. The summed E-state index contributed by atoms with van der Waals surface area (Å²) in [6.07, 6.45) is 2.13. The molecule has 2 heterocycles. The molecule has 0 radical (unpaired) electrons. The Labute approximate surface area is 198 Å². The average molecular weight is 483 g/mol. The maximum atomic E-state index is 14.1. The van der Waals surface area contributed by atoms with Gasteiger partial charge in [-0.15, -0.1) is 0 Å². The normalized spacial score (nSPS) is 18.5. The van der Waals surface area contributed by atoms with Crippen molar-refractivity contribution in [3.8, 4) is 0 Å². The van der Waals surface area contributed by atoms with Crippen LogP contribution in [0.5, 0.6) is 0 Å². The highest BCUT2D eigenvalue weighted by Crippen LogP contribution is 2.40. The Kier molecular flexibility index (Phi) is 8.73. The Hall–Kier alpha value is -2.42. The number of allylic oxidation sites excluding steroid dienone is 5. The van der Waals surface area contributed by atoms with Crippen LogP contribution in [-0.4, -0.2) is 53.4 Å². The van der Waals surface area contributed by atoms with Crippen molar-refractivity contribution < 1.29 is 22.4 Å². The third-order valence-electron chi connectivity index (χ3n) is 6.65. The van der Waals surface area contributed by atoms with Crippen molar-refractivity contribution in [3.05, 3.63) is 52.7 Å². The van der Waals surface area contributed by atoms with E-state index in [1.807, 2.05) is 6.92 Å². The van der Waals surface area contributed by atoms with E-state index in [0.29, 0.717) is 5.69 Å². The van der Waals surface area contributed by atoms with Gasteiger partial charge in [-0.05, 0) is 88.9 Å². The zero-order valence-corrected chi connectivity index (χ0v) is 19.9. The minimum absolute atomic E-state index is 0.234. The van der Waals surface area contributed by atoms with Gasteiger partial charge in [0.25, 0.3) is 5.91 Å². The lowest BCUT2D eigenvalue weighted by Crippen LogP contribution is -2.39. The lowest BCUT2D eigenvalue weighted by Gasteiger charge is -2.33. The van der Waals surface area contributed by atoms with Crippen LogP contribution in [0.2, 0.25) is 0 Å². The third kappa shape index (κ3) is 6.58. The van der Waals surface area contributed by atoms with Crippen LogP contribution in [0.1, 0.15) is 60.8 Å². The molecule has 0 bridgehead atoms. The van der Waals surface area contributed by atoms with Gasteiger partial charge in [0, 0.05) is 24.3 Å². The highest BCUT2D eigenvalue weighted by Gasteiger charge is 2.41. The van der Waals surface area contributed by atoms with Gasteiger partial charge < -0.3 is 10.2 Å². The van der Waals surface area contributed by atoms with Crippen LogP contribution in [0.25, 0.3) is 0 Å². The van der Waals surface area contributed by atoms with Gasteiger partial charge in [0.2, 0.25) is 0 Å². The number of halogens is 4. The fourth-order valence-corrected chi connectivity index (χ4v) is 4.39. The molecule has 5 nitrogen and oxygen atoms in total. The topological polar surface area (TPSA) is 61.0 Å². The van der Waals surface area contributed by atoms with E-state index in [2.05, 4.69) is 22.1 Å². The second-order valence-corrected chi connectivity index (χ2v) is 9.24. The largest absolute Gasteiger partial charge is 0.419 e. The lowest BCUT2D eigenvalue weighted by atomic mass is 9.85. The summed E-state index contributed by atoms with van der Waals surface area (Å²) >= 11 is 0. The molecular formula is C25H34F4N4O. The Bertz CT molecular complexity index is 935. The van der Waals surface area contributed by atoms with E-state index >= 15 is 0 Å². The number of aromatic nitrogens is 2. The zero-order chi connectivity index (χ0) is 24.9. The van der Waals surface area contributed by atoms with Gasteiger partial charge in [0.15, 0.2) is 5.69 Å². The van der Waals surface area contributed by atoms with E-state index in [1.165, 1.54) is 25.8 Å². The van der Waals surface area contributed by atoms with Crippen molar-refractivity contribution in [1.82, 2.24) is 20.4 Å². The van der Waals surface area contributed by atoms with E-state index in [0.717, 1.165) is 49.2 Å². The third-order valence-corrected chi connectivity index (χ3v) is 6.65. The summed E-state index contributed by atoms with van der Waals surface area (Å²) in [5.74, 6) is -1.28. The molecular weight excluding hydrogens is 448 g/mol. The van der Waals surface area contributed by atoms with Crippen LogP contribution >= 0.6 is 0 Å². The van der Waals surface area contributed by atoms with Crippen molar-refractivity contribution in [3.63, 3.8) is 0 Å². The number of nitrogens with zero attached hydrogens (tertiary/aromatic N) is 2. The van der Waals surface area contributed by atoms with Crippen molar-refractivity contribution in [1.29, 1.82) is 0 Å². The second kappa shape index (κ2) is 11.3. The summed E-state index contributed by atoms with van der Waals surface area (Å²) in [6, 6.07) is 0. The van der Waals surface area contributed by atoms with E-state index in [4.69, 9.17) is 0 Å². The van der Waals surface area contributed by atoms with Gasteiger partial charge >= 0.3 is 6.18 Å². The van der Waals surface area contributed by atoms with E-state index in [-0.39, 0.29) is 37.4 Å². The molecule has 34 heavy (non-hydrogen) atoms. The van der Waals surface area contributed by atoms with Crippen LogP contribution < -0.4 is 5.32 Å². The van der Waals surface area contributed by atoms with Crippen LogP contribution in [0.3, 0.4) is 0 Å². The Morgan fingerprint density at radius 2 is 1.94 bits per heavy atom. The Balaban J connectivity index is 1.55. The van der Waals surface area contributed by atoms with E-state index in [1.54, 1.807) is 4.90 Å². The Morgan fingerprint density at radius 1 is 1.26 bits per heavy atom. The number of carbonyl (C=O) groups excluding carboxylic acids is 1. The molecule has 2 aliphatic rings. The maximum absolute atomic E-state index is 14.1. The summed E-state index contributed by atoms with van der Waals surface area (Å²) < 4.78 is 54.6. The maximum Gasteiger partial charge on any atom is 0.419 e. The number of H-pyrrole nitrogens is 1. The molecule has 1 aromatic rings. The van der Waals surface area contributed by atoms with Gasteiger partial charge in [-0.25, -0.2) is 4.39 Å². The molecule has 0 spiro atoms. The number of hydrogen-bond acceptors (Lipinski definition) is 3. The van der Waals surface area contributed by atoms with Gasteiger partial charge in [-0.1, -0.05) is 12.7 Å².